The third-order valence-corrected chi connectivity index (χ3v) is 2.88. The highest BCUT2D eigenvalue weighted by molar-refractivity contribution is 5.37. The van der Waals surface area contributed by atoms with Crippen LogP contribution in [0.15, 0.2) is 18.2 Å². The van der Waals surface area contributed by atoms with Gasteiger partial charge >= 0.3 is 0 Å². The van der Waals surface area contributed by atoms with Crippen molar-refractivity contribution in [3.05, 3.63) is 29.6 Å². The largest absolute Gasteiger partial charge is 0.490 e. The summed E-state index contributed by atoms with van der Waals surface area (Å²) in [4.78, 5) is 0. The van der Waals surface area contributed by atoms with Crippen molar-refractivity contribution in [1.82, 2.24) is 0 Å². The summed E-state index contributed by atoms with van der Waals surface area (Å²) < 4.78 is 18.6. The Morgan fingerprint density at radius 1 is 1.38 bits per heavy atom. The maximum atomic E-state index is 12.9. The van der Waals surface area contributed by atoms with Gasteiger partial charge in [-0.25, -0.2) is 4.39 Å². The average Bonchev–Trinajstić information content (AvgIpc) is 2.67. The van der Waals surface area contributed by atoms with Crippen LogP contribution in [0.1, 0.15) is 12.0 Å². The van der Waals surface area contributed by atoms with E-state index >= 15 is 0 Å². The van der Waals surface area contributed by atoms with Crippen LogP contribution in [0.2, 0.25) is 0 Å². The second-order valence-corrected chi connectivity index (χ2v) is 4.16. The van der Waals surface area contributed by atoms with Crippen molar-refractivity contribution >= 4 is 0 Å². The molecule has 0 saturated heterocycles. The van der Waals surface area contributed by atoms with E-state index < -0.39 is 0 Å². The minimum absolute atomic E-state index is 0.0545. The van der Waals surface area contributed by atoms with Crippen molar-refractivity contribution in [2.45, 2.75) is 18.9 Å². The van der Waals surface area contributed by atoms with Crippen LogP contribution in [-0.2, 0) is 6.42 Å². The Labute approximate surface area is 93.5 Å². The van der Waals surface area contributed by atoms with Crippen LogP contribution < -0.4 is 4.74 Å². The summed E-state index contributed by atoms with van der Waals surface area (Å²) in [6.07, 6.45) is 1.16. The molecule has 0 bridgehead atoms. The van der Waals surface area contributed by atoms with E-state index in [2.05, 4.69) is 0 Å². The molecular weight excluding hydrogens is 211 g/mol. The first kappa shape index (κ1) is 11.4. The maximum absolute atomic E-state index is 12.9. The van der Waals surface area contributed by atoms with Gasteiger partial charge in [0, 0.05) is 31.1 Å². The first-order chi connectivity index (χ1) is 7.72. The first-order valence-corrected chi connectivity index (χ1v) is 5.39. The van der Waals surface area contributed by atoms with Gasteiger partial charge in [-0.2, -0.15) is 0 Å². The van der Waals surface area contributed by atoms with E-state index in [1.165, 1.54) is 12.1 Å². The highest BCUT2D eigenvalue weighted by Gasteiger charge is 2.25. The van der Waals surface area contributed by atoms with Crippen LogP contribution in [0.5, 0.6) is 5.75 Å². The second-order valence-electron chi connectivity index (χ2n) is 4.16. The van der Waals surface area contributed by atoms with Crippen LogP contribution in [-0.4, -0.2) is 29.5 Å². The highest BCUT2D eigenvalue weighted by Crippen LogP contribution is 2.31. The van der Waals surface area contributed by atoms with E-state index in [0.717, 1.165) is 5.56 Å². The summed E-state index contributed by atoms with van der Waals surface area (Å²) in [6, 6.07) is 4.47. The minimum atomic E-state index is -0.260. The van der Waals surface area contributed by atoms with Gasteiger partial charge in [0.25, 0.3) is 0 Å². The number of aliphatic hydroxyl groups excluding tert-OH is 2. The summed E-state index contributed by atoms with van der Waals surface area (Å²) in [5.41, 5.74) is 0.861. The standard InChI is InChI=1S/C12H15FO3/c13-10-1-2-12-9(4-10)5-11(16-12)3-8(6-14)7-15/h1-2,4,8,11,14-15H,3,5-7H2. The van der Waals surface area contributed by atoms with E-state index in [1.54, 1.807) is 6.07 Å². The molecule has 0 amide bonds. The zero-order chi connectivity index (χ0) is 11.5. The van der Waals surface area contributed by atoms with E-state index in [0.29, 0.717) is 18.6 Å². The fourth-order valence-electron chi connectivity index (χ4n) is 2.00. The smallest absolute Gasteiger partial charge is 0.123 e. The molecule has 88 valence electrons. The Morgan fingerprint density at radius 3 is 2.81 bits per heavy atom. The van der Waals surface area contributed by atoms with Crippen LogP contribution in [0.4, 0.5) is 4.39 Å². The molecule has 16 heavy (non-hydrogen) atoms. The number of fused-ring (bicyclic) bond motifs is 1. The van der Waals surface area contributed by atoms with E-state index in [1.807, 2.05) is 0 Å². The van der Waals surface area contributed by atoms with Crippen molar-refractivity contribution in [1.29, 1.82) is 0 Å². The molecule has 0 saturated carbocycles. The van der Waals surface area contributed by atoms with Gasteiger partial charge in [-0.15, -0.1) is 0 Å². The molecule has 1 aromatic carbocycles. The van der Waals surface area contributed by atoms with Crippen molar-refractivity contribution in [3.63, 3.8) is 0 Å². The lowest BCUT2D eigenvalue weighted by molar-refractivity contribution is 0.104. The lowest BCUT2D eigenvalue weighted by atomic mass is 10.00. The van der Waals surface area contributed by atoms with Crippen molar-refractivity contribution < 1.29 is 19.3 Å². The molecule has 1 aromatic rings. The Kier molecular flexibility index (Phi) is 3.41. The molecular formula is C12H15FO3. The van der Waals surface area contributed by atoms with Gasteiger partial charge in [-0.05, 0) is 24.6 Å². The van der Waals surface area contributed by atoms with Gasteiger partial charge in [0.2, 0.25) is 0 Å². The number of hydrogen-bond acceptors (Lipinski definition) is 3. The van der Waals surface area contributed by atoms with Crippen molar-refractivity contribution in [2.75, 3.05) is 13.2 Å². The Bertz CT molecular complexity index is 363. The molecule has 1 heterocycles. The molecule has 1 aliphatic heterocycles. The van der Waals surface area contributed by atoms with Crippen molar-refractivity contribution in [2.24, 2.45) is 5.92 Å². The van der Waals surface area contributed by atoms with Crippen LogP contribution >= 0.6 is 0 Å². The number of ether oxygens (including phenoxy) is 1. The first-order valence-electron chi connectivity index (χ1n) is 5.39. The SMILES string of the molecule is OCC(CO)CC1Cc2cc(F)ccc2O1. The molecule has 0 spiro atoms. The predicted molar refractivity (Wildman–Crippen MR) is 56.8 cm³/mol. The second kappa shape index (κ2) is 4.80. The topological polar surface area (TPSA) is 49.7 Å². The van der Waals surface area contributed by atoms with E-state index in [9.17, 15) is 4.39 Å². The predicted octanol–water partition coefficient (Wildman–Crippen LogP) is 1.12. The average molecular weight is 226 g/mol. The zero-order valence-electron chi connectivity index (χ0n) is 8.90. The van der Waals surface area contributed by atoms with Gasteiger partial charge in [0.1, 0.15) is 17.7 Å². The zero-order valence-corrected chi connectivity index (χ0v) is 8.90. The molecule has 3 nitrogen and oxygen atoms in total. The van der Waals surface area contributed by atoms with E-state index in [-0.39, 0.29) is 31.1 Å². The molecule has 0 fully saturated rings. The third-order valence-electron chi connectivity index (χ3n) is 2.88. The van der Waals surface area contributed by atoms with Crippen LogP contribution in [0, 0.1) is 11.7 Å². The Morgan fingerprint density at radius 2 is 2.12 bits per heavy atom. The number of halogens is 1. The van der Waals surface area contributed by atoms with Gasteiger partial charge in [-0.3, -0.25) is 0 Å². The maximum Gasteiger partial charge on any atom is 0.123 e. The molecule has 0 aromatic heterocycles. The summed E-state index contributed by atoms with van der Waals surface area (Å²) in [6.45, 7) is -0.109. The quantitative estimate of drug-likeness (QED) is 0.809. The number of benzene rings is 1. The molecule has 0 aliphatic carbocycles. The lowest BCUT2D eigenvalue weighted by Crippen LogP contribution is -2.22. The summed E-state index contributed by atoms with van der Waals surface area (Å²) in [7, 11) is 0. The molecule has 2 rings (SSSR count). The Hall–Kier alpha value is -1.13. The van der Waals surface area contributed by atoms with Gasteiger partial charge in [0.05, 0.1) is 0 Å². The monoisotopic (exact) mass is 226 g/mol. The highest BCUT2D eigenvalue weighted by atomic mass is 19.1. The number of rotatable bonds is 4. The van der Waals surface area contributed by atoms with Crippen molar-refractivity contribution in [3.8, 4) is 5.75 Å². The summed E-state index contributed by atoms with van der Waals surface area (Å²) in [5, 5.41) is 17.9. The van der Waals surface area contributed by atoms with Gasteiger partial charge in [0.15, 0.2) is 0 Å². The molecule has 4 heteroatoms. The molecule has 1 aliphatic rings. The van der Waals surface area contributed by atoms with Gasteiger partial charge < -0.3 is 14.9 Å². The normalized spacial score (nSPS) is 18.6. The summed E-state index contributed by atoms with van der Waals surface area (Å²) >= 11 is 0. The fraction of sp³-hybridized carbons (Fsp3) is 0.500. The lowest BCUT2D eigenvalue weighted by Gasteiger charge is -2.16. The third kappa shape index (κ3) is 2.33. The van der Waals surface area contributed by atoms with Crippen LogP contribution in [0.3, 0.4) is 0 Å². The van der Waals surface area contributed by atoms with E-state index in [4.69, 9.17) is 14.9 Å². The minimum Gasteiger partial charge on any atom is -0.490 e. The van der Waals surface area contributed by atoms with Gasteiger partial charge in [-0.1, -0.05) is 0 Å². The summed E-state index contributed by atoms with van der Waals surface area (Å²) in [5.74, 6) is 0.286. The number of hydrogen-bond donors (Lipinski definition) is 2. The Balaban J connectivity index is 2.00. The molecule has 2 N–H and O–H groups in total. The molecule has 1 atom stereocenters. The number of aliphatic hydroxyl groups is 2. The molecule has 0 radical (unpaired) electrons. The van der Waals surface area contributed by atoms with Crippen LogP contribution in [0.25, 0.3) is 0 Å². The fourth-order valence-corrected chi connectivity index (χ4v) is 2.00. The molecule has 1 unspecified atom stereocenters.